The monoisotopic (exact) mass is 338 g/mol. The molecule has 0 amide bonds. The standard InChI is InChI=1S/C19H22N4S/c1-12-4-5-15(10-13(12)2)16-14(3)24-19-17(16)18(21-11-22-19)23-8-6-20-7-9-23/h4-5,10-11,20H,6-9H2,1-3H3. The van der Waals surface area contributed by atoms with Crippen molar-refractivity contribution < 1.29 is 0 Å². The Morgan fingerprint density at radius 3 is 2.58 bits per heavy atom. The Morgan fingerprint density at radius 1 is 1.04 bits per heavy atom. The number of nitrogens with one attached hydrogen (secondary N) is 1. The van der Waals surface area contributed by atoms with Crippen molar-refractivity contribution in [3.63, 3.8) is 0 Å². The first-order valence-electron chi connectivity index (χ1n) is 8.42. The lowest BCUT2D eigenvalue weighted by Crippen LogP contribution is -2.44. The molecule has 2 aromatic heterocycles. The van der Waals surface area contributed by atoms with Crippen LogP contribution in [0.25, 0.3) is 21.3 Å². The van der Waals surface area contributed by atoms with Crippen LogP contribution in [0.5, 0.6) is 0 Å². The molecule has 3 heterocycles. The third-order valence-corrected chi connectivity index (χ3v) is 5.87. The Bertz CT molecular complexity index is 894. The average molecular weight is 338 g/mol. The van der Waals surface area contributed by atoms with E-state index >= 15 is 0 Å². The maximum atomic E-state index is 4.66. The van der Waals surface area contributed by atoms with Gasteiger partial charge in [0.05, 0.1) is 5.39 Å². The van der Waals surface area contributed by atoms with E-state index in [4.69, 9.17) is 0 Å². The topological polar surface area (TPSA) is 41.1 Å². The number of benzene rings is 1. The summed E-state index contributed by atoms with van der Waals surface area (Å²) in [5.41, 5.74) is 5.22. The summed E-state index contributed by atoms with van der Waals surface area (Å²) in [6, 6.07) is 6.73. The Hall–Kier alpha value is -1.98. The van der Waals surface area contributed by atoms with E-state index in [1.165, 1.54) is 32.5 Å². The van der Waals surface area contributed by atoms with Crippen LogP contribution in [-0.4, -0.2) is 36.1 Å². The molecular formula is C19H22N4S. The molecule has 1 aliphatic rings. The minimum Gasteiger partial charge on any atom is -0.353 e. The minimum absolute atomic E-state index is 0.993. The third-order valence-electron chi connectivity index (χ3n) is 4.86. The number of nitrogens with zero attached hydrogens (tertiary/aromatic N) is 3. The van der Waals surface area contributed by atoms with Crippen LogP contribution >= 0.6 is 11.3 Å². The van der Waals surface area contributed by atoms with Crippen LogP contribution in [0.2, 0.25) is 0 Å². The van der Waals surface area contributed by atoms with E-state index in [9.17, 15) is 0 Å². The summed E-state index contributed by atoms with van der Waals surface area (Å²) in [5.74, 6) is 1.08. The van der Waals surface area contributed by atoms with Gasteiger partial charge in [0.15, 0.2) is 0 Å². The zero-order chi connectivity index (χ0) is 16.7. The van der Waals surface area contributed by atoms with Gasteiger partial charge in [0.25, 0.3) is 0 Å². The highest BCUT2D eigenvalue weighted by molar-refractivity contribution is 7.19. The number of hydrogen-bond donors (Lipinski definition) is 1. The Kier molecular flexibility index (Phi) is 3.98. The lowest BCUT2D eigenvalue weighted by Gasteiger charge is -2.29. The number of thiophene rings is 1. The molecule has 1 aliphatic heterocycles. The number of rotatable bonds is 2. The molecule has 1 aromatic carbocycles. The molecule has 0 radical (unpaired) electrons. The summed E-state index contributed by atoms with van der Waals surface area (Å²) >= 11 is 1.77. The van der Waals surface area contributed by atoms with Gasteiger partial charge in [0.2, 0.25) is 0 Å². The summed E-state index contributed by atoms with van der Waals surface area (Å²) in [7, 11) is 0. The lowest BCUT2D eigenvalue weighted by atomic mass is 9.99. The van der Waals surface area contributed by atoms with Gasteiger partial charge in [-0.3, -0.25) is 0 Å². The first-order chi connectivity index (χ1) is 11.6. The third kappa shape index (κ3) is 2.58. The molecule has 24 heavy (non-hydrogen) atoms. The summed E-state index contributed by atoms with van der Waals surface area (Å²) in [6.07, 6.45) is 1.71. The highest BCUT2D eigenvalue weighted by Gasteiger charge is 2.21. The van der Waals surface area contributed by atoms with Gasteiger partial charge >= 0.3 is 0 Å². The van der Waals surface area contributed by atoms with Crippen molar-refractivity contribution in [2.75, 3.05) is 31.1 Å². The van der Waals surface area contributed by atoms with Crippen LogP contribution in [0.1, 0.15) is 16.0 Å². The van der Waals surface area contributed by atoms with Crippen LogP contribution in [0.4, 0.5) is 5.82 Å². The molecule has 1 N–H and O–H groups in total. The quantitative estimate of drug-likeness (QED) is 0.774. The van der Waals surface area contributed by atoms with Gasteiger partial charge in [-0.2, -0.15) is 0 Å². The van der Waals surface area contributed by atoms with Gasteiger partial charge in [-0.05, 0) is 37.5 Å². The number of anilines is 1. The fraction of sp³-hybridized carbons (Fsp3) is 0.368. The zero-order valence-corrected chi connectivity index (χ0v) is 15.2. The van der Waals surface area contributed by atoms with Crippen molar-refractivity contribution >= 4 is 27.4 Å². The number of aromatic nitrogens is 2. The van der Waals surface area contributed by atoms with E-state index in [0.29, 0.717) is 0 Å². The van der Waals surface area contributed by atoms with Crippen LogP contribution in [0.3, 0.4) is 0 Å². The van der Waals surface area contributed by atoms with Gasteiger partial charge in [-0.15, -0.1) is 11.3 Å². The smallest absolute Gasteiger partial charge is 0.141 e. The second kappa shape index (κ2) is 6.15. The molecule has 4 nitrogen and oxygen atoms in total. The average Bonchev–Trinajstić information content (AvgIpc) is 2.94. The van der Waals surface area contributed by atoms with Crippen LogP contribution in [-0.2, 0) is 0 Å². The largest absolute Gasteiger partial charge is 0.353 e. The lowest BCUT2D eigenvalue weighted by molar-refractivity contribution is 0.586. The zero-order valence-electron chi connectivity index (χ0n) is 14.4. The summed E-state index contributed by atoms with van der Waals surface area (Å²) < 4.78 is 0. The Morgan fingerprint density at radius 2 is 1.83 bits per heavy atom. The molecular weight excluding hydrogens is 316 g/mol. The molecule has 124 valence electrons. The first-order valence-corrected chi connectivity index (χ1v) is 9.24. The highest BCUT2D eigenvalue weighted by atomic mass is 32.1. The van der Waals surface area contributed by atoms with Gasteiger partial charge in [-0.1, -0.05) is 18.2 Å². The van der Waals surface area contributed by atoms with Crippen LogP contribution < -0.4 is 10.2 Å². The molecule has 4 rings (SSSR count). The number of fused-ring (bicyclic) bond motifs is 1. The van der Waals surface area contributed by atoms with E-state index in [0.717, 1.165) is 36.8 Å². The van der Waals surface area contributed by atoms with E-state index in [-0.39, 0.29) is 0 Å². The Balaban J connectivity index is 1.94. The molecule has 0 atom stereocenters. The van der Waals surface area contributed by atoms with Crippen molar-refractivity contribution in [1.29, 1.82) is 0 Å². The molecule has 5 heteroatoms. The molecule has 1 fully saturated rings. The van der Waals surface area contributed by atoms with E-state index in [1.54, 1.807) is 17.7 Å². The molecule has 1 saturated heterocycles. The van der Waals surface area contributed by atoms with Crippen molar-refractivity contribution in [2.24, 2.45) is 0 Å². The SMILES string of the molecule is Cc1ccc(-c2c(C)sc3ncnc(N4CCNCC4)c23)cc1C. The fourth-order valence-corrected chi connectivity index (χ4v) is 4.40. The number of piperazine rings is 1. The number of hydrogen-bond acceptors (Lipinski definition) is 5. The minimum atomic E-state index is 0.993. The predicted octanol–water partition coefficient (Wildman–Crippen LogP) is 3.69. The van der Waals surface area contributed by atoms with Crippen molar-refractivity contribution in [3.8, 4) is 11.1 Å². The van der Waals surface area contributed by atoms with Gasteiger partial charge in [0, 0.05) is 36.6 Å². The van der Waals surface area contributed by atoms with Gasteiger partial charge < -0.3 is 10.2 Å². The first kappa shape index (κ1) is 15.5. The molecule has 0 bridgehead atoms. The van der Waals surface area contributed by atoms with Gasteiger partial charge in [0.1, 0.15) is 17.0 Å². The Labute approximate surface area is 146 Å². The second-order valence-corrected chi connectivity index (χ2v) is 7.65. The highest BCUT2D eigenvalue weighted by Crippen LogP contribution is 2.41. The molecule has 0 saturated carbocycles. The maximum absolute atomic E-state index is 4.66. The predicted molar refractivity (Wildman–Crippen MR) is 102 cm³/mol. The number of aryl methyl sites for hydroxylation is 3. The maximum Gasteiger partial charge on any atom is 0.141 e. The van der Waals surface area contributed by atoms with E-state index in [1.807, 2.05) is 0 Å². The second-order valence-electron chi connectivity index (χ2n) is 6.45. The molecule has 0 spiro atoms. The normalized spacial score (nSPS) is 15.2. The van der Waals surface area contributed by atoms with Gasteiger partial charge in [-0.25, -0.2) is 9.97 Å². The van der Waals surface area contributed by atoms with E-state index < -0.39 is 0 Å². The van der Waals surface area contributed by atoms with Crippen LogP contribution in [0, 0.1) is 20.8 Å². The molecule has 0 unspecified atom stereocenters. The summed E-state index contributed by atoms with van der Waals surface area (Å²) in [5, 5.41) is 4.63. The van der Waals surface area contributed by atoms with Crippen molar-refractivity contribution in [1.82, 2.24) is 15.3 Å². The molecule has 0 aliphatic carbocycles. The molecule has 3 aromatic rings. The van der Waals surface area contributed by atoms with Crippen molar-refractivity contribution in [3.05, 3.63) is 40.5 Å². The fourth-order valence-electron chi connectivity index (χ4n) is 3.39. The van der Waals surface area contributed by atoms with Crippen molar-refractivity contribution in [2.45, 2.75) is 20.8 Å². The summed E-state index contributed by atoms with van der Waals surface area (Å²) in [4.78, 5) is 14.0. The van der Waals surface area contributed by atoms with Crippen LogP contribution in [0.15, 0.2) is 24.5 Å². The summed E-state index contributed by atoms with van der Waals surface area (Å²) in [6.45, 7) is 10.5. The van der Waals surface area contributed by atoms with E-state index in [2.05, 4.69) is 59.2 Å².